The highest BCUT2D eigenvalue weighted by Crippen LogP contribution is 2.59. The van der Waals surface area contributed by atoms with Crippen LogP contribution in [0.3, 0.4) is 0 Å². The number of aliphatic hydroxyl groups excluding tert-OH is 1. The first kappa shape index (κ1) is 19.1. The number of carbonyl (C=O) groups is 1. The van der Waals surface area contributed by atoms with Crippen molar-refractivity contribution >= 4 is 5.97 Å². The molecule has 1 aliphatic heterocycles. The van der Waals surface area contributed by atoms with Crippen molar-refractivity contribution in [1.29, 1.82) is 0 Å². The number of aliphatic hydroxyl groups is 1. The Balaban J connectivity index is 1.47. The summed E-state index contributed by atoms with van der Waals surface area (Å²) in [6, 6.07) is 10.5. The number of benzene rings is 1. The van der Waals surface area contributed by atoms with Gasteiger partial charge in [-0.15, -0.1) is 0 Å². The highest BCUT2D eigenvalue weighted by atomic mass is 16.4. The third kappa shape index (κ3) is 3.08. The van der Waals surface area contributed by atoms with Gasteiger partial charge in [0, 0.05) is 25.0 Å². The fraction of sp³-hybridized carbons (Fsp3) is 0.560. The number of nitrogens with zero attached hydrogens (tertiary/aromatic N) is 1. The minimum absolute atomic E-state index is 0.140. The lowest BCUT2D eigenvalue weighted by molar-refractivity contribution is -0.141. The zero-order valence-corrected chi connectivity index (χ0v) is 17.2. The van der Waals surface area contributed by atoms with Crippen LogP contribution in [0.25, 0.3) is 0 Å². The zero-order valence-electron chi connectivity index (χ0n) is 17.2. The Morgan fingerprint density at radius 3 is 2.72 bits per heavy atom. The van der Waals surface area contributed by atoms with E-state index in [0.29, 0.717) is 6.42 Å². The number of hydrogen-bond donors (Lipinski definition) is 2. The normalized spacial score (nSPS) is 34.6. The molecule has 5 rings (SSSR count). The lowest BCUT2D eigenvalue weighted by Gasteiger charge is -2.47. The van der Waals surface area contributed by atoms with Crippen LogP contribution in [0.15, 0.2) is 52.6 Å². The molecule has 0 bridgehead atoms. The van der Waals surface area contributed by atoms with E-state index in [1.165, 1.54) is 27.9 Å². The van der Waals surface area contributed by atoms with Crippen molar-refractivity contribution in [2.24, 2.45) is 17.3 Å². The lowest BCUT2D eigenvalue weighted by atomic mass is 9.59. The average molecular weight is 394 g/mol. The summed E-state index contributed by atoms with van der Waals surface area (Å²) < 4.78 is 0. The summed E-state index contributed by atoms with van der Waals surface area (Å²) in [6.07, 6.45) is 5.04. The quantitative estimate of drug-likeness (QED) is 0.809. The summed E-state index contributed by atoms with van der Waals surface area (Å²) in [4.78, 5) is 14.8. The van der Waals surface area contributed by atoms with Crippen molar-refractivity contribution in [3.05, 3.63) is 58.2 Å². The smallest absolute Gasteiger partial charge is 0.310 e. The number of carboxylic acids is 1. The van der Waals surface area contributed by atoms with Crippen molar-refractivity contribution in [3.63, 3.8) is 0 Å². The Labute approximate surface area is 172 Å². The van der Waals surface area contributed by atoms with Crippen LogP contribution in [0.2, 0.25) is 0 Å². The molecule has 0 aromatic heterocycles. The van der Waals surface area contributed by atoms with Crippen molar-refractivity contribution < 1.29 is 15.0 Å². The summed E-state index contributed by atoms with van der Waals surface area (Å²) in [6.45, 7) is 5.03. The standard InChI is InChI=1S/C25H31NO3/c1-25-11-9-19-18-10-12-26(14-16-5-3-2-4-6-16)15-17(18)13-20(24(28)29)23(19)21(25)7-8-22(25)27/h2-6,20-22,27H,7-15H2,1H3,(H,28,29)/t20-,21+,22-,25-/m0/s1. The van der Waals surface area contributed by atoms with E-state index in [9.17, 15) is 15.0 Å². The Morgan fingerprint density at radius 2 is 1.97 bits per heavy atom. The Bertz CT molecular complexity index is 887. The number of hydrogen-bond acceptors (Lipinski definition) is 3. The second-order valence-corrected chi connectivity index (χ2v) is 9.71. The Kier molecular flexibility index (Phi) is 4.67. The van der Waals surface area contributed by atoms with Crippen molar-refractivity contribution in [1.82, 2.24) is 4.90 Å². The molecule has 154 valence electrons. The number of aliphatic carboxylic acids is 1. The summed E-state index contributed by atoms with van der Waals surface area (Å²) in [5, 5.41) is 20.7. The predicted molar refractivity (Wildman–Crippen MR) is 112 cm³/mol. The second kappa shape index (κ2) is 7.10. The second-order valence-electron chi connectivity index (χ2n) is 9.71. The SMILES string of the molecule is C[C@]12CCC3=C([C@@H](C(=O)O)CC4=C3CCN(Cc3ccccc3)C4)[C@H]1CC[C@@H]2O. The van der Waals surface area contributed by atoms with Gasteiger partial charge in [0.2, 0.25) is 0 Å². The molecule has 2 N–H and O–H groups in total. The maximum atomic E-state index is 12.3. The molecule has 3 aliphatic carbocycles. The van der Waals surface area contributed by atoms with Crippen LogP contribution in [0.5, 0.6) is 0 Å². The Hall–Kier alpha value is -1.91. The minimum atomic E-state index is -0.685. The van der Waals surface area contributed by atoms with Gasteiger partial charge in [0.25, 0.3) is 0 Å². The molecule has 4 aliphatic rings. The molecule has 0 radical (unpaired) electrons. The van der Waals surface area contributed by atoms with Gasteiger partial charge in [-0.05, 0) is 66.7 Å². The van der Waals surface area contributed by atoms with E-state index in [-0.39, 0.29) is 17.4 Å². The molecule has 0 unspecified atom stereocenters. The van der Waals surface area contributed by atoms with Gasteiger partial charge in [0.15, 0.2) is 0 Å². The fourth-order valence-electron chi connectivity index (χ4n) is 6.59. The summed E-state index contributed by atoms with van der Waals surface area (Å²) >= 11 is 0. The molecule has 0 amide bonds. The van der Waals surface area contributed by atoms with E-state index < -0.39 is 11.9 Å². The third-order valence-electron chi connectivity index (χ3n) is 8.18. The maximum Gasteiger partial charge on any atom is 0.310 e. The van der Waals surface area contributed by atoms with Crippen LogP contribution in [-0.2, 0) is 11.3 Å². The van der Waals surface area contributed by atoms with Crippen LogP contribution >= 0.6 is 0 Å². The van der Waals surface area contributed by atoms with Crippen molar-refractivity contribution in [3.8, 4) is 0 Å². The summed E-state index contributed by atoms with van der Waals surface area (Å²) in [5.74, 6) is -0.857. The van der Waals surface area contributed by atoms with Gasteiger partial charge in [-0.25, -0.2) is 0 Å². The monoisotopic (exact) mass is 393 g/mol. The maximum absolute atomic E-state index is 12.3. The third-order valence-corrected chi connectivity index (χ3v) is 8.18. The molecule has 0 spiro atoms. The fourth-order valence-corrected chi connectivity index (χ4v) is 6.59. The van der Waals surface area contributed by atoms with Gasteiger partial charge in [0.05, 0.1) is 12.0 Å². The van der Waals surface area contributed by atoms with E-state index in [2.05, 4.69) is 36.1 Å². The highest BCUT2D eigenvalue weighted by Gasteiger charge is 2.53. The van der Waals surface area contributed by atoms with Gasteiger partial charge >= 0.3 is 5.97 Å². The minimum Gasteiger partial charge on any atom is -0.481 e. The molecule has 29 heavy (non-hydrogen) atoms. The molecular formula is C25H31NO3. The van der Waals surface area contributed by atoms with Crippen LogP contribution < -0.4 is 0 Å². The lowest BCUT2D eigenvalue weighted by Crippen LogP contribution is -2.43. The van der Waals surface area contributed by atoms with Crippen LogP contribution in [0.1, 0.15) is 51.0 Å². The average Bonchev–Trinajstić information content (AvgIpc) is 3.02. The van der Waals surface area contributed by atoms with Gasteiger partial charge in [0.1, 0.15) is 0 Å². The van der Waals surface area contributed by atoms with E-state index in [4.69, 9.17) is 0 Å². The van der Waals surface area contributed by atoms with E-state index >= 15 is 0 Å². The molecule has 0 saturated heterocycles. The van der Waals surface area contributed by atoms with Crippen molar-refractivity contribution in [2.75, 3.05) is 13.1 Å². The number of fused-ring (bicyclic) bond motifs is 3. The molecule has 4 atom stereocenters. The molecule has 1 aromatic rings. The summed E-state index contributed by atoms with van der Waals surface area (Å²) in [7, 11) is 0. The topological polar surface area (TPSA) is 60.8 Å². The molecule has 1 saturated carbocycles. The Morgan fingerprint density at radius 1 is 1.17 bits per heavy atom. The predicted octanol–water partition coefficient (Wildman–Crippen LogP) is 4.16. The first-order chi connectivity index (χ1) is 14.0. The molecule has 4 heteroatoms. The van der Waals surface area contributed by atoms with Gasteiger partial charge in [-0.2, -0.15) is 0 Å². The molecular weight excluding hydrogens is 362 g/mol. The zero-order chi connectivity index (χ0) is 20.2. The number of rotatable bonds is 3. The summed E-state index contributed by atoms with van der Waals surface area (Å²) in [5.41, 5.74) is 6.52. The van der Waals surface area contributed by atoms with Gasteiger partial charge < -0.3 is 10.2 Å². The number of allylic oxidation sites excluding steroid dienone is 1. The van der Waals surface area contributed by atoms with Crippen LogP contribution in [0, 0.1) is 17.3 Å². The van der Waals surface area contributed by atoms with Crippen molar-refractivity contribution in [2.45, 2.75) is 58.1 Å². The first-order valence-corrected chi connectivity index (χ1v) is 11.1. The van der Waals surface area contributed by atoms with Crippen LogP contribution in [-0.4, -0.2) is 40.3 Å². The molecule has 1 heterocycles. The molecule has 4 nitrogen and oxygen atoms in total. The molecule has 1 aromatic carbocycles. The van der Waals surface area contributed by atoms with Crippen LogP contribution in [0.4, 0.5) is 0 Å². The van der Waals surface area contributed by atoms with Gasteiger partial charge in [-0.3, -0.25) is 9.69 Å². The number of carboxylic acid groups (broad SMARTS) is 1. The van der Waals surface area contributed by atoms with E-state index in [1.807, 2.05) is 6.07 Å². The largest absolute Gasteiger partial charge is 0.481 e. The first-order valence-electron chi connectivity index (χ1n) is 11.1. The molecule has 1 fully saturated rings. The van der Waals surface area contributed by atoms with Gasteiger partial charge in [-0.1, -0.05) is 42.8 Å². The van der Waals surface area contributed by atoms with E-state index in [1.54, 1.807) is 0 Å². The van der Waals surface area contributed by atoms with E-state index in [0.717, 1.165) is 51.7 Å². The highest BCUT2D eigenvalue weighted by molar-refractivity contribution is 5.76.